The summed E-state index contributed by atoms with van der Waals surface area (Å²) in [4.78, 5) is 0. The minimum absolute atomic E-state index is 0.173. The highest BCUT2D eigenvalue weighted by atomic mass is 16.2. The molecule has 0 aliphatic rings. The molecular formula is C11H17BN2O. The minimum atomic E-state index is -0.209. The second-order valence-electron chi connectivity index (χ2n) is 3.59. The zero-order valence-electron chi connectivity index (χ0n) is 8.82. The highest BCUT2D eigenvalue weighted by Crippen LogP contribution is 2.24. The summed E-state index contributed by atoms with van der Waals surface area (Å²) in [6, 6.07) is 5.78. The lowest BCUT2D eigenvalue weighted by Gasteiger charge is -2.15. The molecule has 0 aromatic heterocycles. The molecule has 15 heavy (non-hydrogen) atoms. The Balaban J connectivity index is 2.90. The molecule has 2 radical (unpaired) electrons. The van der Waals surface area contributed by atoms with E-state index in [1.807, 2.05) is 18.2 Å². The number of nitrogen functional groups attached to an aromatic ring is 1. The van der Waals surface area contributed by atoms with Crippen LogP contribution in [-0.4, -0.2) is 26.1 Å². The predicted molar refractivity (Wildman–Crippen MR) is 63.8 cm³/mol. The minimum Gasteiger partial charge on any atom is -0.398 e. The van der Waals surface area contributed by atoms with Gasteiger partial charge in [0.25, 0.3) is 0 Å². The molecule has 0 saturated carbocycles. The predicted octanol–water partition coefficient (Wildman–Crippen LogP) is 0.362. The van der Waals surface area contributed by atoms with Crippen LogP contribution in [0.3, 0.4) is 0 Å². The highest BCUT2D eigenvalue weighted by Gasteiger charge is 2.09. The molecule has 1 atom stereocenters. The molecule has 80 valence electrons. The maximum absolute atomic E-state index is 8.76. The summed E-state index contributed by atoms with van der Waals surface area (Å²) in [6.45, 7) is 0.556. The van der Waals surface area contributed by atoms with Gasteiger partial charge in [0.05, 0.1) is 7.85 Å². The number of benzene rings is 1. The van der Waals surface area contributed by atoms with E-state index in [9.17, 15) is 0 Å². The molecule has 0 spiro atoms. The van der Waals surface area contributed by atoms with Crippen molar-refractivity contribution in [2.24, 2.45) is 5.73 Å². The summed E-state index contributed by atoms with van der Waals surface area (Å²) in [6.07, 6.45) is 1.49. The van der Waals surface area contributed by atoms with Crippen LogP contribution < -0.4 is 11.5 Å². The SMILES string of the molecule is [B]C(CN)c1cccc(CCCO)c1N. The van der Waals surface area contributed by atoms with Gasteiger partial charge in [0.15, 0.2) is 0 Å². The lowest BCUT2D eigenvalue weighted by atomic mass is 9.79. The van der Waals surface area contributed by atoms with Crippen LogP contribution in [0.25, 0.3) is 0 Å². The molecule has 5 N–H and O–H groups in total. The molecule has 1 unspecified atom stereocenters. The Hall–Kier alpha value is -0.995. The Morgan fingerprint density at radius 2 is 2.13 bits per heavy atom. The molecule has 0 fully saturated rings. The third kappa shape index (κ3) is 2.98. The van der Waals surface area contributed by atoms with Gasteiger partial charge in [0, 0.05) is 12.3 Å². The van der Waals surface area contributed by atoms with Gasteiger partial charge in [0.2, 0.25) is 0 Å². The van der Waals surface area contributed by atoms with Crippen molar-refractivity contribution < 1.29 is 5.11 Å². The topological polar surface area (TPSA) is 72.3 Å². The zero-order valence-corrected chi connectivity index (χ0v) is 8.82. The van der Waals surface area contributed by atoms with E-state index in [-0.39, 0.29) is 12.4 Å². The molecule has 1 aromatic rings. The van der Waals surface area contributed by atoms with Gasteiger partial charge in [-0.15, -0.1) is 0 Å². The van der Waals surface area contributed by atoms with Crippen molar-refractivity contribution in [1.82, 2.24) is 0 Å². The van der Waals surface area contributed by atoms with Gasteiger partial charge < -0.3 is 16.6 Å². The maximum Gasteiger partial charge on any atom is 0.0781 e. The van der Waals surface area contributed by atoms with Crippen molar-refractivity contribution in [1.29, 1.82) is 0 Å². The van der Waals surface area contributed by atoms with Gasteiger partial charge >= 0.3 is 0 Å². The molecule has 0 heterocycles. The van der Waals surface area contributed by atoms with Crippen molar-refractivity contribution >= 4 is 13.5 Å². The molecule has 0 aliphatic heterocycles. The largest absolute Gasteiger partial charge is 0.398 e. The number of hydrogen-bond donors (Lipinski definition) is 3. The Kier molecular flexibility index (Phi) is 4.65. The van der Waals surface area contributed by atoms with Gasteiger partial charge in [0.1, 0.15) is 0 Å². The van der Waals surface area contributed by atoms with Crippen LogP contribution >= 0.6 is 0 Å². The first-order valence-corrected chi connectivity index (χ1v) is 5.14. The van der Waals surface area contributed by atoms with Crippen molar-refractivity contribution in [3.63, 3.8) is 0 Å². The molecule has 0 aliphatic carbocycles. The fourth-order valence-corrected chi connectivity index (χ4v) is 1.57. The van der Waals surface area contributed by atoms with Crippen LogP contribution in [0, 0.1) is 0 Å². The lowest BCUT2D eigenvalue weighted by Crippen LogP contribution is -2.14. The molecule has 4 heteroatoms. The van der Waals surface area contributed by atoms with E-state index in [0.717, 1.165) is 17.5 Å². The summed E-state index contributed by atoms with van der Waals surface area (Å²) in [5.74, 6) is -0.209. The van der Waals surface area contributed by atoms with Crippen molar-refractivity contribution in [2.45, 2.75) is 18.7 Å². The molecule has 3 nitrogen and oxygen atoms in total. The summed E-state index contributed by atoms with van der Waals surface area (Å²) in [7, 11) is 5.84. The first-order valence-electron chi connectivity index (χ1n) is 5.14. The number of nitrogens with two attached hydrogens (primary N) is 2. The maximum atomic E-state index is 8.76. The summed E-state index contributed by atoms with van der Waals surface area (Å²) < 4.78 is 0. The van der Waals surface area contributed by atoms with E-state index in [4.69, 9.17) is 24.4 Å². The number of anilines is 1. The summed E-state index contributed by atoms with van der Waals surface area (Å²) in [5, 5.41) is 8.76. The molecular weight excluding hydrogens is 187 g/mol. The quantitative estimate of drug-likeness (QED) is 0.479. The van der Waals surface area contributed by atoms with Crippen LogP contribution in [-0.2, 0) is 6.42 Å². The van der Waals surface area contributed by atoms with Crippen LogP contribution in [0.1, 0.15) is 23.4 Å². The molecule has 0 amide bonds. The number of para-hydroxylation sites is 1. The van der Waals surface area contributed by atoms with Crippen LogP contribution in [0.15, 0.2) is 18.2 Å². The van der Waals surface area contributed by atoms with Crippen molar-refractivity contribution in [2.75, 3.05) is 18.9 Å². The summed E-state index contributed by atoms with van der Waals surface area (Å²) >= 11 is 0. The number of rotatable bonds is 5. The lowest BCUT2D eigenvalue weighted by molar-refractivity contribution is 0.288. The molecule has 1 aromatic carbocycles. The van der Waals surface area contributed by atoms with E-state index >= 15 is 0 Å². The Labute approximate surface area is 91.9 Å². The second kappa shape index (κ2) is 5.78. The number of aliphatic hydroxyl groups excluding tert-OH is 1. The highest BCUT2D eigenvalue weighted by molar-refractivity contribution is 6.13. The average molecular weight is 204 g/mol. The number of aryl methyl sites for hydroxylation is 1. The van der Waals surface area contributed by atoms with Crippen LogP contribution in [0.4, 0.5) is 5.69 Å². The first kappa shape index (κ1) is 12.1. The van der Waals surface area contributed by atoms with E-state index in [1.54, 1.807) is 0 Å². The monoisotopic (exact) mass is 204 g/mol. The van der Waals surface area contributed by atoms with Gasteiger partial charge in [-0.1, -0.05) is 18.2 Å². The third-order valence-electron chi connectivity index (χ3n) is 2.49. The zero-order chi connectivity index (χ0) is 11.3. The van der Waals surface area contributed by atoms with Crippen molar-refractivity contribution in [3.05, 3.63) is 29.3 Å². The van der Waals surface area contributed by atoms with E-state index in [1.165, 1.54) is 0 Å². The van der Waals surface area contributed by atoms with Gasteiger partial charge in [-0.3, -0.25) is 0 Å². The van der Waals surface area contributed by atoms with Crippen molar-refractivity contribution in [3.8, 4) is 0 Å². The standard InChI is InChI=1S/C11H17BN2O/c12-10(7-13)9-5-1-3-8(11(9)14)4-2-6-15/h1,3,5,10,15H,2,4,6-7,13-14H2. The Bertz CT molecular complexity index is 317. The molecule has 1 rings (SSSR count). The average Bonchev–Trinajstić information content (AvgIpc) is 2.27. The van der Waals surface area contributed by atoms with E-state index < -0.39 is 0 Å². The van der Waals surface area contributed by atoms with Crippen LogP contribution in [0.2, 0.25) is 0 Å². The number of hydrogen-bond acceptors (Lipinski definition) is 3. The molecule has 0 saturated heterocycles. The fourth-order valence-electron chi connectivity index (χ4n) is 1.57. The smallest absolute Gasteiger partial charge is 0.0781 e. The third-order valence-corrected chi connectivity index (χ3v) is 2.49. The molecule has 0 bridgehead atoms. The number of aliphatic hydroxyl groups is 1. The summed E-state index contributed by atoms with van der Waals surface area (Å²) in [5.41, 5.74) is 14.1. The van der Waals surface area contributed by atoms with E-state index in [0.29, 0.717) is 18.7 Å². The Morgan fingerprint density at radius 1 is 1.40 bits per heavy atom. The van der Waals surface area contributed by atoms with Gasteiger partial charge in [-0.25, -0.2) is 0 Å². The van der Waals surface area contributed by atoms with Gasteiger partial charge in [-0.05, 0) is 36.3 Å². The van der Waals surface area contributed by atoms with Crippen LogP contribution in [0.5, 0.6) is 0 Å². The van der Waals surface area contributed by atoms with E-state index in [2.05, 4.69) is 0 Å². The first-order chi connectivity index (χ1) is 7.20. The Morgan fingerprint density at radius 3 is 2.73 bits per heavy atom. The fraction of sp³-hybridized carbons (Fsp3) is 0.455. The normalized spacial score (nSPS) is 12.7. The van der Waals surface area contributed by atoms with Gasteiger partial charge in [-0.2, -0.15) is 0 Å². The second-order valence-corrected chi connectivity index (χ2v) is 3.59.